The standard InChI is InChI=1S/C14H18ClN3/c15-13-2-1-5-16-14(13)18-8-10-6-17(12-3-4-12)7-11(10)9-18/h1-2,5,10-12H,3-4,6-9H2. The van der Waals surface area contributed by atoms with Gasteiger partial charge in [0.15, 0.2) is 0 Å². The van der Waals surface area contributed by atoms with Gasteiger partial charge in [-0.25, -0.2) is 4.98 Å². The van der Waals surface area contributed by atoms with Crippen LogP contribution in [0.4, 0.5) is 5.82 Å². The van der Waals surface area contributed by atoms with Gasteiger partial charge in [-0.1, -0.05) is 11.6 Å². The van der Waals surface area contributed by atoms with Crippen molar-refractivity contribution in [1.82, 2.24) is 9.88 Å². The molecule has 0 bridgehead atoms. The lowest BCUT2D eigenvalue weighted by Crippen LogP contribution is -2.30. The molecule has 18 heavy (non-hydrogen) atoms. The highest BCUT2D eigenvalue weighted by Gasteiger charge is 2.44. The van der Waals surface area contributed by atoms with E-state index in [0.29, 0.717) is 0 Å². The Labute approximate surface area is 113 Å². The molecule has 0 aromatic carbocycles. The summed E-state index contributed by atoms with van der Waals surface area (Å²) in [7, 11) is 0. The minimum absolute atomic E-state index is 0.788. The van der Waals surface area contributed by atoms with Crippen molar-refractivity contribution in [3.8, 4) is 0 Å². The van der Waals surface area contributed by atoms with Gasteiger partial charge in [0, 0.05) is 38.4 Å². The second-order valence-electron chi connectivity index (χ2n) is 5.92. The van der Waals surface area contributed by atoms with Gasteiger partial charge in [0.2, 0.25) is 0 Å². The molecule has 2 unspecified atom stereocenters. The molecule has 4 heteroatoms. The van der Waals surface area contributed by atoms with Crippen LogP contribution < -0.4 is 4.90 Å². The highest BCUT2D eigenvalue weighted by molar-refractivity contribution is 6.32. The minimum atomic E-state index is 0.788. The maximum atomic E-state index is 6.24. The molecule has 1 aliphatic carbocycles. The largest absolute Gasteiger partial charge is 0.355 e. The Morgan fingerprint density at radius 3 is 2.44 bits per heavy atom. The number of aromatic nitrogens is 1. The van der Waals surface area contributed by atoms with Crippen molar-refractivity contribution >= 4 is 17.4 Å². The van der Waals surface area contributed by atoms with Crippen LogP contribution in [0.25, 0.3) is 0 Å². The number of nitrogens with zero attached hydrogens (tertiary/aromatic N) is 3. The summed E-state index contributed by atoms with van der Waals surface area (Å²) in [4.78, 5) is 9.51. The van der Waals surface area contributed by atoms with Gasteiger partial charge < -0.3 is 4.90 Å². The predicted octanol–water partition coefficient (Wildman–Crippen LogP) is 2.27. The second-order valence-corrected chi connectivity index (χ2v) is 6.33. The van der Waals surface area contributed by atoms with Crippen LogP contribution in [0.5, 0.6) is 0 Å². The molecule has 2 saturated heterocycles. The molecule has 2 aliphatic heterocycles. The third-order valence-corrected chi connectivity index (χ3v) is 4.91. The van der Waals surface area contributed by atoms with E-state index in [1.54, 1.807) is 0 Å². The fraction of sp³-hybridized carbons (Fsp3) is 0.643. The molecule has 4 rings (SSSR count). The van der Waals surface area contributed by atoms with Crippen LogP contribution in [-0.4, -0.2) is 42.1 Å². The van der Waals surface area contributed by atoms with Crippen LogP contribution in [0.15, 0.2) is 18.3 Å². The molecule has 1 aromatic heterocycles. The molecular weight excluding hydrogens is 246 g/mol. The first-order chi connectivity index (χ1) is 8.81. The maximum Gasteiger partial charge on any atom is 0.147 e. The van der Waals surface area contributed by atoms with E-state index >= 15 is 0 Å². The number of anilines is 1. The average Bonchev–Trinajstić information content (AvgIpc) is 3.02. The summed E-state index contributed by atoms with van der Waals surface area (Å²) in [5.74, 6) is 2.62. The lowest BCUT2D eigenvalue weighted by atomic mass is 10.0. The van der Waals surface area contributed by atoms with Crippen LogP contribution in [-0.2, 0) is 0 Å². The third kappa shape index (κ3) is 1.81. The summed E-state index contributed by atoms with van der Waals surface area (Å²) in [5.41, 5.74) is 0. The summed E-state index contributed by atoms with van der Waals surface area (Å²) in [5, 5.41) is 0.788. The van der Waals surface area contributed by atoms with Crippen molar-refractivity contribution in [3.63, 3.8) is 0 Å². The monoisotopic (exact) mass is 263 g/mol. The second kappa shape index (κ2) is 4.10. The first kappa shape index (κ1) is 11.1. The Morgan fingerprint density at radius 2 is 1.83 bits per heavy atom. The quantitative estimate of drug-likeness (QED) is 0.816. The van der Waals surface area contributed by atoms with Gasteiger partial charge in [-0.05, 0) is 36.8 Å². The topological polar surface area (TPSA) is 19.4 Å². The van der Waals surface area contributed by atoms with E-state index in [-0.39, 0.29) is 0 Å². The number of hydrogen-bond acceptors (Lipinski definition) is 3. The van der Waals surface area contributed by atoms with Gasteiger partial charge in [-0.15, -0.1) is 0 Å². The summed E-state index contributed by atoms with van der Waals surface area (Å²) < 4.78 is 0. The highest BCUT2D eigenvalue weighted by Crippen LogP contribution is 2.39. The Kier molecular flexibility index (Phi) is 2.52. The zero-order valence-electron chi connectivity index (χ0n) is 10.4. The van der Waals surface area contributed by atoms with Gasteiger partial charge in [0.25, 0.3) is 0 Å². The number of rotatable bonds is 2. The van der Waals surface area contributed by atoms with Gasteiger partial charge in [0.1, 0.15) is 5.82 Å². The molecule has 3 fully saturated rings. The van der Waals surface area contributed by atoms with Gasteiger partial charge in [0.05, 0.1) is 5.02 Å². The van der Waals surface area contributed by atoms with Crippen molar-refractivity contribution in [3.05, 3.63) is 23.4 Å². The summed E-state index contributed by atoms with van der Waals surface area (Å²) in [6.45, 7) is 4.84. The molecule has 2 atom stereocenters. The Balaban J connectivity index is 1.48. The number of hydrogen-bond donors (Lipinski definition) is 0. The zero-order chi connectivity index (χ0) is 12.1. The van der Waals surface area contributed by atoms with Crippen LogP contribution in [0, 0.1) is 11.8 Å². The van der Waals surface area contributed by atoms with Gasteiger partial charge in [-0.3, -0.25) is 4.90 Å². The smallest absolute Gasteiger partial charge is 0.147 e. The minimum Gasteiger partial charge on any atom is -0.355 e. The van der Waals surface area contributed by atoms with Gasteiger partial charge in [-0.2, -0.15) is 0 Å². The van der Waals surface area contributed by atoms with Crippen molar-refractivity contribution in [1.29, 1.82) is 0 Å². The number of fused-ring (bicyclic) bond motifs is 1. The fourth-order valence-corrected chi connectivity index (χ4v) is 3.79. The average molecular weight is 264 g/mol. The molecule has 1 aromatic rings. The van der Waals surface area contributed by atoms with Crippen molar-refractivity contribution < 1.29 is 0 Å². The van der Waals surface area contributed by atoms with Crippen molar-refractivity contribution in [2.24, 2.45) is 11.8 Å². The number of pyridine rings is 1. The summed E-state index contributed by atoms with van der Waals surface area (Å²) in [6.07, 6.45) is 4.69. The number of likely N-dealkylation sites (tertiary alicyclic amines) is 1. The maximum absolute atomic E-state index is 6.24. The normalized spacial score (nSPS) is 31.9. The molecular formula is C14H18ClN3. The van der Waals surface area contributed by atoms with E-state index in [2.05, 4.69) is 14.8 Å². The van der Waals surface area contributed by atoms with Crippen molar-refractivity contribution in [2.75, 3.05) is 31.1 Å². The Bertz CT molecular complexity index is 446. The Hall–Kier alpha value is -0.800. The van der Waals surface area contributed by atoms with Crippen molar-refractivity contribution in [2.45, 2.75) is 18.9 Å². The van der Waals surface area contributed by atoms with Crippen LogP contribution in [0.3, 0.4) is 0 Å². The molecule has 1 saturated carbocycles. The van der Waals surface area contributed by atoms with E-state index in [4.69, 9.17) is 11.6 Å². The van der Waals surface area contributed by atoms with Crippen LogP contribution >= 0.6 is 11.6 Å². The molecule has 0 amide bonds. The predicted molar refractivity (Wildman–Crippen MR) is 73.0 cm³/mol. The SMILES string of the molecule is Clc1cccnc1N1CC2CN(C3CC3)CC2C1. The van der Waals surface area contributed by atoms with Crippen LogP contribution in [0.1, 0.15) is 12.8 Å². The van der Waals surface area contributed by atoms with E-state index in [1.165, 1.54) is 25.9 Å². The van der Waals surface area contributed by atoms with E-state index in [0.717, 1.165) is 41.8 Å². The molecule has 0 spiro atoms. The van der Waals surface area contributed by atoms with E-state index < -0.39 is 0 Å². The lowest BCUT2D eigenvalue weighted by Gasteiger charge is -2.22. The molecule has 3 nitrogen and oxygen atoms in total. The molecule has 0 radical (unpaired) electrons. The zero-order valence-corrected chi connectivity index (χ0v) is 11.2. The Morgan fingerprint density at radius 1 is 1.11 bits per heavy atom. The molecule has 3 heterocycles. The molecule has 0 N–H and O–H groups in total. The lowest BCUT2D eigenvalue weighted by molar-refractivity contribution is 0.306. The van der Waals surface area contributed by atoms with E-state index in [9.17, 15) is 0 Å². The summed E-state index contributed by atoms with van der Waals surface area (Å²) in [6, 6.07) is 4.76. The first-order valence-corrected chi connectivity index (χ1v) is 7.28. The first-order valence-electron chi connectivity index (χ1n) is 6.91. The van der Waals surface area contributed by atoms with Gasteiger partial charge >= 0.3 is 0 Å². The third-order valence-electron chi connectivity index (χ3n) is 4.62. The molecule has 96 valence electrons. The summed E-state index contributed by atoms with van der Waals surface area (Å²) >= 11 is 6.24. The fourth-order valence-electron chi connectivity index (χ4n) is 3.55. The van der Waals surface area contributed by atoms with Crippen LogP contribution in [0.2, 0.25) is 5.02 Å². The van der Waals surface area contributed by atoms with E-state index in [1.807, 2.05) is 18.3 Å². The highest BCUT2D eigenvalue weighted by atomic mass is 35.5. The molecule has 3 aliphatic rings. The number of halogens is 1.